The van der Waals surface area contributed by atoms with E-state index in [1.54, 1.807) is 11.8 Å². The molecular weight excluding hydrogens is 266 g/mol. The Hall–Kier alpha value is -2.00. The minimum absolute atomic E-state index is 0.747. The minimum atomic E-state index is 0.747. The lowest BCUT2D eigenvalue weighted by Crippen LogP contribution is -1.91. The molecule has 0 unspecified atom stereocenters. The number of hydrogen-bond acceptors (Lipinski definition) is 2. The second-order valence-corrected chi connectivity index (χ2v) is 5.75. The number of nitrogens with zero attached hydrogens (tertiary/aromatic N) is 1. The summed E-state index contributed by atoms with van der Waals surface area (Å²) in [7, 11) is 1.97. The van der Waals surface area contributed by atoms with E-state index in [4.69, 9.17) is 0 Å². The highest BCUT2D eigenvalue weighted by Gasteiger charge is 2.09. The fraction of sp³-hybridized carbons (Fsp3) is 0.118. The predicted molar refractivity (Wildman–Crippen MR) is 84.3 cm³/mol. The number of carbonyl (C=O) groups is 1. The van der Waals surface area contributed by atoms with Gasteiger partial charge in [-0.25, -0.2) is 0 Å². The fourth-order valence-corrected chi connectivity index (χ4v) is 3.38. The summed E-state index contributed by atoms with van der Waals surface area (Å²) < 4.78 is 2.01. The van der Waals surface area contributed by atoms with Crippen molar-refractivity contribution < 1.29 is 4.79 Å². The average Bonchev–Trinajstić information content (AvgIpc) is 2.89. The van der Waals surface area contributed by atoms with Crippen LogP contribution in [0.4, 0.5) is 0 Å². The van der Waals surface area contributed by atoms with Crippen LogP contribution in [0.25, 0.3) is 10.9 Å². The summed E-state index contributed by atoms with van der Waals surface area (Å²) in [6.07, 6.45) is 2.93. The topological polar surface area (TPSA) is 22.0 Å². The summed E-state index contributed by atoms with van der Waals surface area (Å²) in [5.74, 6) is 0.936. The monoisotopic (exact) mass is 281 g/mol. The van der Waals surface area contributed by atoms with E-state index in [9.17, 15) is 4.79 Å². The lowest BCUT2D eigenvalue weighted by atomic mass is 10.1. The van der Waals surface area contributed by atoms with Gasteiger partial charge in [-0.15, -0.1) is 11.8 Å². The number of aryl methyl sites for hydroxylation is 1. The Labute approximate surface area is 122 Å². The smallest absolute Gasteiger partial charge is 0.152 e. The number of aldehydes is 1. The van der Waals surface area contributed by atoms with Gasteiger partial charge < -0.3 is 4.57 Å². The normalized spacial score (nSPS) is 10.8. The Kier molecular flexibility index (Phi) is 3.61. The van der Waals surface area contributed by atoms with Crippen molar-refractivity contribution in [1.29, 1.82) is 0 Å². The third kappa shape index (κ3) is 2.37. The molecule has 2 aromatic carbocycles. The molecule has 100 valence electrons. The van der Waals surface area contributed by atoms with Crippen molar-refractivity contribution >= 4 is 29.0 Å². The van der Waals surface area contributed by atoms with Crippen LogP contribution in [0.5, 0.6) is 0 Å². The van der Waals surface area contributed by atoms with Crippen LogP contribution in [-0.2, 0) is 12.8 Å². The molecule has 0 radical (unpaired) electrons. The predicted octanol–water partition coefficient (Wildman–Crippen LogP) is 4.28. The third-order valence-electron chi connectivity index (χ3n) is 3.39. The van der Waals surface area contributed by atoms with Gasteiger partial charge in [0, 0.05) is 34.8 Å². The lowest BCUT2D eigenvalue weighted by molar-refractivity contribution is 0.112. The molecule has 20 heavy (non-hydrogen) atoms. The third-order valence-corrected chi connectivity index (χ3v) is 4.53. The maximum atomic E-state index is 11.1. The number of hydrogen-bond donors (Lipinski definition) is 0. The first-order valence-corrected chi connectivity index (χ1v) is 7.48. The van der Waals surface area contributed by atoms with Crippen LogP contribution in [0.2, 0.25) is 0 Å². The molecule has 0 aliphatic heterocycles. The summed E-state index contributed by atoms with van der Waals surface area (Å²) in [5.41, 5.74) is 3.07. The van der Waals surface area contributed by atoms with E-state index in [1.807, 2.05) is 36.0 Å². The number of thioether (sulfide) groups is 1. The molecule has 3 rings (SSSR count). The zero-order valence-electron chi connectivity index (χ0n) is 11.2. The molecule has 0 N–H and O–H groups in total. The van der Waals surface area contributed by atoms with E-state index in [2.05, 4.69) is 30.3 Å². The van der Waals surface area contributed by atoms with E-state index < -0.39 is 0 Å². The van der Waals surface area contributed by atoms with Gasteiger partial charge in [0.05, 0.1) is 5.52 Å². The van der Waals surface area contributed by atoms with Crippen LogP contribution in [0.3, 0.4) is 0 Å². The van der Waals surface area contributed by atoms with Gasteiger partial charge in [-0.1, -0.05) is 30.3 Å². The number of aromatic nitrogens is 1. The number of rotatable bonds is 4. The quantitative estimate of drug-likeness (QED) is 0.526. The van der Waals surface area contributed by atoms with Gasteiger partial charge >= 0.3 is 0 Å². The van der Waals surface area contributed by atoms with Crippen LogP contribution < -0.4 is 0 Å². The lowest BCUT2D eigenvalue weighted by Gasteiger charge is -2.06. The zero-order chi connectivity index (χ0) is 13.9. The highest BCUT2D eigenvalue weighted by atomic mass is 32.2. The SMILES string of the molecule is Cn1ccc2c(SCc3ccccc3)ccc(C=O)c21. The van der Waals surface area contributed by atoms with Crippen LogP contribution in [0, 0.1) is 0 Å². The fourth-order valence-electron chi connectivity index (χ4n) is 2.38. The van der Waals surface area contributed by atoms with Crippen molar-refractivity contribution in [1.82, 2.24) is 4.57 Å². The van der Waals surface area contributed by atoms with Crippen molar-refractivity contribution in [2.75, 3.05) is 0 Å². The van der Waals surface area contributed by atoms with Gasteiger partial charge in [0.25, 0.3) is 0 Å². The van der Waals surface area contributed by atoms with Gasteiger partial charge in [-0.2, -0.15) is 0 Å². The summed E-state index contributed by atoms with van der Waals surface area (Å²) in [6, 6.07) is 16.4. The molecule has 3 aromatic rings. The number of benzene rings is 2. The Morgan fingerprint density at radius 1 is 1.10 bits per heavy atom. The Bertz CT molecular complexity index is 746. The second-order valence-electron chi connectivity index (χ2n) is 4.73. The van der Waals surface area contributed by atoms with E-state index in [1.165, 1.54) is 10.5 Å². The molecule has 0 saturated carbocycles. The largest absolute Gasteiger partial charge is 0.350 e. The van der Waals surface area contributed by atoms with Crippen molar-refractivity contribution in [2.24, 2.45) is 7.05 Å². The highest BCUT2D eigenvalue weighted by molar-refractivity contribution is 7.98. The highest BCUT2D eigenvalue weighted by Crippen LogP contribution is 2.32. The van der Waals surface area contributed by atoms with E-state index in [-0.39, 0.29) is 0 Å². The first kappa shape index (κ1) is 13.0. The summed E-state index contributed by atoms with van der Waals surface area (Å²) in [5, 5.41) is 1.15. The maximum absolute atomic E-state index is 11.1. The van der Waals surface area contributed by atoms with Crippen LogP contribution in [-0.4, -0.2) is 10.9 Å². The summed E-state index contributed by atoms with van der Waals surface area (Å²) >= 11 is 1.81. The zero-order valence-corrected chi connectivity index (χ0v) is 12.1. The molecule has 0 saturated heterocycles. The molecule has 0 atom stereocenters. The van der Waals surface area contributed by atoms with Gasteiger partial charge in [-0.05, 0) is 23.8 Å². The first-order chi connectivity index (χ1) is 9.79. The molecular formula is C17H15NOS. The Morgan fingerprint density at radius 2 is 1.90 bits per heavy atom. The molecule has 0 bridgehead atoms. The minimum Gasteiger partial charge on any atom is -0.350 e. The molecule has 3 heteroatoms. The molecule has 1 heterocycles. The molecule has 0 fully saturated rings. The van der Waals surface area contributed by atoms with Crippen molar-refractivity contribution in [2.45, 2.75) is 10.6 Å². The number of fused-ring (bicyclic) bond motifs is 1. The molecule has 2 nitrogen and oxygen atoms in total. The summed E-state index contributed by atoms with van der Waals surface area (Å²) in [6.45, 7) is 0. The second kappa shape index (κ2) is 5.55. The first-order valence-electron chi connectivity index (χ1n) is 6.49. The summed E-state index contributed by atoms with van der Waals surface area (Å²) in [4.78, 5) is 12.4. The number of carbonyl (C=O) groups excluding carboxylic acids is 1. The average molecular weight is 281 g/mol. The van der Waals surface area contributed by atoms with Crippen LogP contribution in [0.1, 0.15) is 15.9 Å². The van der Waals surface area contributed by atoms with Gasteiger partial charge in [-0.3, -0.25) is 4.79 Å². The van der Waals surface area contributed by atoms with Gasteiger partial charge in [0.15, 0.2) is 6.29 Å². The van der Waals surface area contributed by atoms with Gasteiger partial charge in [0.1, 0.15) is 0 Å². The van der Waals surface area contributed by atoms with Crippen molar-refractivity contribution in [3.8, 4) is 0 Å². The van der Waals surface area contributed by atoms with Crippen molar-refractivity contribution in [3.63, 3.8) is 0 Å². The van der Waals surface area contributed by atoms with E-state index >= 15 is 0 Å². The Balaban J connectivity index is 1.95. The molecule has 0 aliphatic carbocycles. The molecule has 0 amide bonds. The van der Waals surface area contributed by atoms with E-state index in [0.29, 0.717) is 0 Å². The van der Waals surface area contributed by atoms with Crippen LogP contribution >= 0.6 is 11.8 Å². The maximum Gasteiger partial charge on any atom is 0.152 e. The Morgan fingerprint density at radius 3 is 2.65 bits per heavy atom. The van der Waals surface area contributed by atoms with Crippen molar-refractivity contribution in [3.05, 3.63) is 65.9 Å². The standard InChI is InChI=1S/C17H15NOS/c1-18-10-9-15-16(8-7-14(11-19)17(15)18)20-12-13-5-3-2-4-6-13/h2-11H,12H2,1H3. The molecule has 0 aliphatic rings. The molecule has 1 aromatic heterocycles. The van der Waals surface area contributed by atoms with Crippen LogP contribution in [0.15, 0.2) is 59.6 Å². The molecule has 0 spiro atoms. The van der Waals surface area contributed by atoms with Gasteiger partial charge in [0.2, 0.25) is 0 Å². The van der Waals surface area contributed by atoms with E-state index in [0.717, 1.165) is 28.5 Å².